The molecule has 1 aliphatic carbocycles. The first kappa shape index (κ1) is 18.5. The standard InChI is InChI=1S/C20H27N3O3/c1-12-11-17-18(19(24)13(12)2)14(3)23(22-17)16-7-5-15(6-8-16)20(25)21-9-10-26-4/h5-8,12-14,22H,9-11H2,1-4H3,(H,21,25). The second-order valence-corrected chi connectivity index (χ2v) is 7.18. The number of benzene rings is 1. The van der Waals surface area contributed by atoms with Crippen LogP contribution in [-0.4, -0.2) is 38.0 Å². The van der Waals surface area contributed by atoms with Crippen molar-refractivity contribution in [2.45, 2.75) is 33.2 Å². The first-order valence-electron chi connectivity index (χ1n) is 9.14. The summed E-state index contributed by atoms with van der Waals surface area (Å²) in [6.45, 7) is 7.15. The van der Waals surface area contributed by atoms with Gasteiger partial charge in [-0.3, -0.25) is 14.6 Å². The van der Waals surface area contributed by atoms with Crippen molar-refractivity contribution in [2.24, 2.45) is 11.8 Å². The maximum Gasteiger partial charge on any atom is 0.251 e. The molecule has 2 aliphatic rings. The van der Waals surface area contributed by atoms with Crippen LogP contribution in [0.2, 0.25) is 0 Å². The minimum atomic E-state index is -0.119. The Morgan fingerprint density at radius 3 is 2.62 bits per heavy atom. The summed E-state index contributed by atoms with van der Waals surface area (Å²) < 4.78 is 4.93. The predicted molar refractivity (Wildman–Crippen MR) is 101 cm³/mol. The number of ketones is 1. The zero-order valence-electron chi connectivity index (χ0n) is 15.8. The van der Waals surface area contributed by atoms with Crippen LogP contribution in [0.15, 0.2) is 35.5 Å². The lowest BCUT2D eigenvalue weighted by Gasteiger charge is -2.26. The molecule has 1 heterocycles. The van der Waals surface area contributed by atoms with Gasteiger partial charge in [-0.1, -0.05) is 13.8 Å². The van der Waals surface area contributed by atoms with Crippen molar-refractivity contribution >= 4 is 17.4 Å². The lowest BCUT2D eigenvalue weighted by molar-refractivity contribution is -0.120. The summed E-state index contributed by atoms with van der Waals surface area (Å²) in [4.78, 5) is 24.8. The van der Waals surface area contributed by atoms with Gasteiger partial charge in [-0.05, 0) is 43.5 Å². The number of carbonyl (C=O) groups excluding carboxylic acids is 2. The van der Waals surface area contributed by atoms with Crippen LogP contribution in [0.4, 0.5) is 5.69 Å². The molecule has 1 aromatic rings. The summed E-state index contributed by atoms with van der Waals surface area (Å²) in [5, 5.41) is 4.82. The molecule has 3 atom stereocenters. The van der Waals surface area contributed by atoms with Crippen molar-refractivity contribution < 1.29 is 14.3 Å². The van der Waals surface area contributed by atoms with Crippen LogP contribution in [0.25, 0.3) is 0 Å². The Morgan fingerprint density at radius 1 is 1.27 bits per heavy atom. The lowest BCUT2D eigenvalue weighted by atomic mass is 9.78. The molecular formula is C20H27N3O3. The van der Waals surface area contributed by atoms with Gasteiger partial charge in [-0.15, -0.1) is 0 Å². The van der Waals surface area contributed by atoms with E-state index in [0.717, 1.165) is 23.4 Å². The molecule has 6 nitrogen and oxygen atoms in total. The van der Waals surface area contributed by atoms with Gasteiger partial charge < -0.3 is 15.5 Å². The number of allylic oxidation sites excluding steroid dienone is 1. The van der Waals surface area contributed by atoms with Gasteiger partial charge in [0.05, 0.1) is 18.3 Å². The SMILES string of the molecule is COCCNC(=O)c1ccc(N2NC3=C(C(=O)C(C)C(C)C3)C2C)cc1. The molecule has 0 saturated heterocycles. The lowest BCUT2D eigenvalue weighted by Crippen LogP contribution is -2.38. The molecule has 0 fully saturated rings. The van der Waals surface area contributed by atoms with Crippen LogP contribution >= 0.6 is 0 Å². The molecule has 1 aliphatic heterocycles. The summed E-state index contributed by atoms with van der Waals surface area (Å²) in [5.74, 6) is 0.539. The predicted octanol–water partition coefficient (Wildman–Crippen LogP) is 2.27. The number of hydrogen-bond acceptors (Lipinski definition) is 5. The molecule has 140 valence electrons. The van der Waals surface area contributed by atoms with Crippen molar-refractivity contribution in [3.63, 3.8) is 0 Å². The summed E-state index contributed by atoms with van der Waals surface area (Å²) in [6, 6.07) is 7.40. The average molecular weight is 357 g/mol. The number of hydrogen-bond donors (Lipinski definition) is 2. The Morgan fingerprint density at radius 2 is 1.96 bits per heavy atom. The zero-order chi connectivity index (χ0) is 18.8. The molecule has 0 spiro atoms. The highest BCUT2D eigenvalue weighted by molar-refractivity contribution is 6.01. The van der Waals surface area contributed by atoms with Crippen molar-refractivity contribution in [1.82, 2.24) is 10.7 Å². The van der Waals surface area contributed by atoms with Gasteiger partial charge in [0.1, 0.15) is 0 Å². The number of hydrazine groups is 1. The first-order valence-corrected chi connectivity index (χ1v) is 9.14. The van der Waals surface area contributed by atoms with Crippen LogP contribution < -0.4 is 15.8 Å². The Hall–Kier alpha value is -2.34. The number of nitrogens with one attached hydrogen (secondary N) is 2. The number of ether oxygens (including phenoxy) is 1. The average Bonchev–Trinajstić information content (AvgIpc) is 2.96. The molecule has 1 amide bonds. The van der Waals surface area contributed by atoms with E-state index in [2.05, 4.69) is 17.7 Å². The Balaban J connectivity index is 1.71. The minimum Gasteiger partial charge on any atom is -0.383 e. The highest BCUT2D eigenvalue weighted by Gasteiger charge is 2.41. The Kier molecular flexibility index (Phi) is 5.32. The van der Waals surface area contributed by atoms with E-state index in [1.807, 2.05) is 31.0 Å². The minimum absolute atomic E-state index is 0.0196. The maximum absolute atomic E-state index is 12.7. The van der Waals surface area contributed by atoms with Gasteiger partial charge in [-0.2, -0.15) is 0 Å². The van der Waals surface area contributed by atoms with Crippen molar-refractivity contribution in [3.05, 3.63) is 41.1 Å². The third-order valence-corrected chi connectivity index (χ3v) is 5.44. The van der Waals surface area contributed by atoms with Crippen LogP contribution in [0, 0.1) is 11.8 Å². The van der Waals surface area contributed by atoms with E-state index in [9.17, 15) is 9.59 Å². The summed E-state index contributed by atoms with van der Waals surface area (Å²) in [7, 11) is 1.60. The normalized spacial score (nSPS) is 25.2. The van der Waals surface area contributed by atoms with Crippen molar-refractivity contribution in [2.75, 3.05) is 25.3 Å². The van der Waals surface area contributed by atoms with Gasteiger partial charge in [0.2, 0.25) is 0 Å². The molecule has 3 rings (SSSR count). The van der Waals surface area contributed by atoms with Crippen LogP contribution in [0.1, 0.15) is 37.6 Å². The molecule has 3 unspecified atom stereocenters. The van der Waals surface area contributed by atoms with Crippen molar-refractivity contribution in [3.8, 4) is 0 Å². The number of anilines is 1. The molecule has 26 heavy (non-hydrogen) atoms. The maximum atomic E-state index is 12.7. The van der Waals surface area contributed by atoms with E-state index in [1.165, 1.54) is 0 Å². The van der Waals surface area contributed by atoms with Gasteiger partial charge in [0.25, 0.3) is 5.91 Å². The highest BCUT2D eigenvalue weighted by atomic mass is 16.5. The fourth-order valence-corrected chi connectivity index (χ4v) is 3.63. The summed E-state index contributed by atoms with van der Waals surface area (Å²) >= 11 is 0. The first-order chi connectivity index (χ1) is 12.4. The van der Waals surface area contributed by atoms with E-state index in [1.54, 1.807) is 19.2 Å². The van der Waals surface area contributed by atoms with E-state index >= 15 is 0 Å². The fourth-order valence-electron chi connectivity index (χ4n) is 3.63. The molecule has 2 N–H and O–H groups in total. The van der Waals surface area contributed by atoms with E-state index < -0.39 is 0 Å². The number of carbonyl (C=O) groups is 2. The van der Waals surface area contributed by atoms with Gasteiger partial charge in [-0.25, -0.2) is 0 Å². The van der Waals surface area contributed by atoms with Crippen LogP contribution in [-0.2, 0) is 9.53 Å². The zero-order valence-corrected chi connectivity index (χ0v) is 15.8. The van der Waals surface area contributed by atoms with Crippen LogP contribution in [0.5, 0.6) is 0 Å². The summed E-state index contributed by atoms with van der Waals surface area (Å²) in [5.41, 5.74) is 6.89. The molecule has 1 aromatic carbocycles. The fraction of sp³-hybridized carbons (Fsp3) is 0.500. The van der Waals surface area contributed by atoms with Crippen LogP contribution in [0.3, 0.4) is 0 Å². The Bertz CT molecular complexity index is 726. The smallest absolute Gasteiger partial charge is 0.251 e. The van der Waals surface area contributed by atoms with Gasteiger partial charge in [0, 0.05) is 36.4 Å². The number of amides is 1. The monoisotopic (exact) mass is 357 g/mol. The molecule has 0 bridgehead atoms. The molecule has 0 saturated carbocycles. The van der Waals surface area contributed by atoms with E-state index in [0.29, 0.717) is 24.6 Å². The number of rotatable bonds is 5. The molecule has 0 aromatic heterocycles. The number of nitrogens with zero attached hydrogens (tertiary/aromatic N) is 1. The van der Waals surface area contributed by atoms with Gasteiger partial charge in [0.15, 0.2) is 5.78 Å². The van der Waals surface area contributed by atoms with E-state index in [-0.39, 0.29) is 23.7 Å². The second-order valence-electron chi connectivity index (χ2n) is 7.18. The largest absolute Gasteiger partial charge is 0.383 e. The highest BCUT2D eigenvalue weighted by Crippen LogP contribution is 2.37. The second kappa shape index (κ2) is 7.50. The third-order valence-electron chi connectivity index (χ3n) is 5.44. The van der Waals surface area contributed by atoms with Gasteiger partial charge >= 0.3 is 0 Å². The third kappa shape index (κ3) is 3.33. The molecular weight excluding hydrogens is 330 g/mol. The topological polar surface area (TPSA) is 70.7 Å². The number of Topliss-reactive ketones (excluding diaryl/α,β-unsaturated/α-hetero) is 1. The molecule has 6 heteroatoms. The Labute approximate surface area is 154 Å². The summed E-state index contributed by atoms with van der Waals surface area (Å²) in [6.07, 6.45) is 0.892. The van der Waals surface area contributed by atoms with E-state index in [4.69, 9.17) is 4.74 Å². The quantitative estimate of drug-likeness (QED) is 0.791. The molecule has 0 radical (unpaired) electrons. The number of methoxy groups -OCH3 is 1. The van der Waals surface area contributed by atoms with Crippen molar-refractivity contribution in [1.29, 1.82) is 0 Å².